The normalized spacial score (nSPS) is 11.7. The van der Waals surface area contributed by atoms with Gasteiger partial charge in [0.15, 0.2) is 5.65 Å². The number of fused-ring (bicyclic) bond motifs is 3. The van der Waals surface area contributed by atoms with Crippen molar-refractivity contribution in [3.8, 4) is 22.6 Å². The van der Waals surface area contributed by atoms with Crippen molar-refractivity contribution in [2.45, 2.75) is 6.18 Å². The van der Waals surface area contributed by atoms with Gasteiger partial charge in [-0.3, -0.25) is 14.5 Å². The van der Waals surface area contributed by atoms with E-state index in [1.54, 1.807) is 61.8 Å². The van der Waals surface area contributed by atoms with E-state index < -0.39 is 17.3 Å². The molecule has 0 fully saturated rings. The molecule has 0 spiro atoms. The molecule has 8 nitrogen and oxygen atoms in total. The van der Waals surface area contributed by atoms with Crippen LogP contribution < -0.4 is 15.6 Å². The highest BCUT2D eigenvalue weighted by Gasteiger charge is 2.33. The number of aromatic nitrogens is 5. The maximum atomic E-state index is 13.7. The highest BCUT2D eigenvalue weighted by atomic mass is 19.4. The number of aromatic amines is 1. The molecule has 6 aromatic rings. The van der Waals surface area contributed by atoms with E-state index in [9.17, 15) is 18.0 Å². The van der Waals surface area contributed by atoms with E-state index in [-0.39, 0.29) is 17.2 Å². The first-order valence-corrected chi connectivity index (χ1v) is 11.8. The Morgan fingerprint density at radius 2 is 1.74 bits per heavy atom. The zero-order valence-electron chi connectivity index (χ0n) is 20.3. The number of benzene rings is 3. The zero-order valence-corrected chi connectivity index (χ0v) is 20.3. The Labute approximate surface area is 218 Å². The molecular weight excluding hydrogens is 509 g/mol. The number of H-pyrrole nitrogens is 1. The zero-order chi connectivity index (χ0) is 27.1. The van der Waals surface area contributed by atoms with Gasteiger partial charge in [-0.05, 0) is 53.6 Å². The number of methoxy groups -OCH3 is 1. The third kappa shape index (κ3) is 4.33. The first kappa shape index (κ1) is 24.2. The Kier molecular flexibility index (Phi) is 5.75. The summed E-state index contributed by atoms with van der Waals surface area (Å²) in [6.45, 7) is 0. The molecule has 3 heterocycles. The lowest BCUT2D eigenvalue weighted by molar-refractivity contribution is -0.137. The summed E-state index contributed by atoms with van der Waals surface area (Å²) in [6.07, 6.45) is -1.57. The van der Waals surface area contributed by atoms with Gasteiger partial charge in [-0.1, -0.05) is 30.3 Å². The second-order valence-electron chi connectivity index (χ2n) is 8.68. The summed E-state index contributed by atoms with van der Waals surface area (Å²) in [6, 6.07) is 18.8. The summed E-state index contributed by atoms with van der Waals surface area (Å²) in [7, 11) is 1.57. The molecule has 0 saturated carbocycles. The summed E-state index contributed by atoms with van der Waals surface area (Å²) in [5.74, 6) is 0.903. The van der Waals surface area contributed by atoms with Gasteiger partial charge in [0.05, 0.1) is 40.8 Å². The molecule has 194 valence electrons. The summed E-state index contributed by atoms with van der Waals surface area (Å²) in [5.41, 5.74) is 0.863. The third-order valence-corrected chi connectivity index (χ3v) is 6.32. The number of ether oxygens (including phenoxy) is 1. The lowest BCUT2D eigenvalue weighted by Crippen LogP contribution is -2.20. The van der Waals surface area contributed by atoms with Gasteiger partial charge in [0.2, 0.25) is 5.95 Å². The quantitative estimate of drug-likeness (QED) is 0.281. The van der Waals surface area contributed by atoms with Gasteiger partial charge in [-0.15, -0.1) is 0 Å². The van der Waals surface area contributed by atoms with Crippen LogP contribution in [0.1, 0.15) is 5.56 Å². The molecule has 3 aromatic carbocycles. The fourth-order valence-corrected chi connectivity index (χ4v) is 4.49. The number of rotatable bonds is 5. The maximum absolute atomic E-state index is 13.7. The number of nitrogens with one attached hydrogen (secondary N) is 2. The van der Waals surface area contributed by atoms with Gasteiger partial charge in [-0.2, -0.15) is 23.3 Å². The van der Waals surface area contributed by atoms with E-state index >= 15 is 0 Å². The van der Waals surface area contributed by atoms with Crippen LogP contribution in [-0.2, 0) is 6.18 Å². The maximum Gasteiger partial charge on any atom is 0.417 e. The van der Waals surface area contributed by atoms with Crippen molar-refractivity contribution in [3.05, 3.63) is 101 Å². The van der Waals surface area contributed by atoms with Crippen LogP contribution in [0.4, 0.5) is 24.8 Å². The van der Waals surface area contributed by atoms with E-state index in [1.165, 1.54) is 29.0 Å². The summed E-state index contributed by atoms with van der Waals surface area (Å²) >= 11 is 0. The van der Waals surface area contributed by atoms with Crippen molar-refractivity contribution in [1.82, 2.24) is 24.7 Å². The van der Waals surface area contributed by atoms with E-state index in [2.05, 4.69) is 25.5 Å². The number of alkyl halides is 3. The van der Waals surface area contributed by atoms with Crippen LogP contribution in [0.15, 0.2) is 90.0 Å². The predicted molar refractivity (Wildman–Crippen MR) is 142 cm³/mol. The van der Waals surface area contributed by atoms with Crippen molar-refractivity contribution < 1.29 is 17.9 Å². The van der Waals surface area contributed by atoms with Crippen molar-refractivity contribution in [3.63, 3.8) is 0 Å². The SMILES string of the molecule is COc1ccc(Nc2ncc3c4[nH]ncc4c(=O)n(-c4cccc(-c5ccccc5C(F)(F)F)c4)c3n2)cc1. The lowest BCUT2D eigenvalue weighted by atomic mass is 9.99. The van der Waals surface area contributed by atoms with Gasteiger partial charge < -0.3 is 10.1 Å². The lowest BCUT2D eigenvalue weighted by Gasteiger charge is -2.15. The van der Waals surface area contributed by atoms with Crippen LogP contribution in [-0.4, -0.2) is 31.8 Å². The minimum Gasteiger partial charge on any atom is -0.497 e. The van der Waals surface area contributed by atoms with Crippen molar-refractivity contribution in [2.24, 2.45) is 0 Å². The molecule has 0 aliphatic carbocycles. The highest BCUT2D eigenvalue weighted by molar-refractivity contribution is 6.02. The van der Waals surface area contributed by atoms with Gasteiger partial charge in [-0.25, -0.2) is 4.98 Å². The van der Waals surface area contributed by atoms with Crippen molar-refractivity contribution in [1.29, 1.82) is 0 Å². The Balaban J connectivity index is 1.54. The standard InChI is InChI=1S/C28H19F3N6O2/c1-39-19-11-9-17(10-12-19)34-27-32-14-21-24-22(15-33-36-24)26(38)37(25(21)35-27)18-6-4-5-16(13-18)20-7-2-3-8-23(20)28(29,30)31/h2-15H,1H3,(H,33,36)(H,32,34,35). The molecule has 3 aromatic heterocycles. The minimum atomic E-state index is -4.54. The number of nitrogens with zero attached hydrogens (tertiary/aromatic N) is 4. The molecule has 0 saturated heterocycles. The topological polar surface area (TPSA) is 97.7 Å². The Hall–Kier alpha value is -5.19. The van der Waals surface area contributed by atoms with E-state index in [1.807, 2.05) is 0 Å². The first-order valence-electron chi connectivity index (χ1n) is 11.8. The molecule has 0 unspecified atom stereocenters. The van der Waals surface area contributed by atoms with E-state index in [4.69, 9.17) is 4.74 Å². The average Bonchev–Trinajstić information content (AvgIpc) is 3.44. The molecule has 0 aliphatic rings. The summed E-state index contributed by atoms with van der Waals surface area (Å²) in [5, 5.41) is 10.7. The second-order valence-corrected chi connectivity index (χ2v) is 8.68. The molecular formula is C28H19F3N6O2. The molecule has 6 rings (SSSR count). The summed E-state index contributed by atoms with van der Waals surface area (Å²) in [4.78, 5) is 22.7. The monoisotopic (exact) mass is 528 g/mol. The Bertz CT molecular complexity index is 1900. The average molecular weight is 528 g/mol. The molecule has 39 heavy (non-hydrogen) atoms. The molecule has 11 heteroatoms. The van der Waals surface area contributed by atoms with Crippen LogP contribution in [0.25, 0.3) is 38.8 Å². The van der Waals surface area contributed by atoms with Gasteiger partial charge >= 0.3 is 6.18 Å². The number of hydrogen-bond acceptors (Lipinski definition) is 6. The van der Waals surface area contributed by atoms with E-state index in [0.717, 1.165) is 6.07 Å². The van der Waals surface area contributed by atoms with Crippen molar-refractivity contribution >= 4 is 33.6 Å². The first-order chi connectivity index (χ1) is 18.8. The third-order valence-electron chi connectivity index (χ3n) is 6.32. The van der Waals surface area contributed by atoms with Crippen LogP contribution >= 0.6 is 0 Å². The van der Waals surface area contributed by atoms with Crippen LogP contribution in [0.2, 0.25) is 0 Å². The van der Waals surface area contributed by atoms with Gasteiger partial charge in [0.1, 0.15) is 5.75 Å². The Morgan fingerprint density at radius 3 is 2.51 bits per heavy atom. The molecule has 0 amide bonds. The van der Waals surface area contributed by atoms with Crippen LogP contribution in [0.5, 0.6) is 5.75 Å². The number of pyridine rings is 1. The molecule has 0 aliphatic heterocycles. The number of anilines is 2. The number of halogens is 3. The molecule has 0 bridgehead atoms. The Morgan fingerprint density at radius 1 is 0.949 bits per heavy atom. The molecule has 0 radical (unpaired) electrons. The minimum absolute atomic E-state index is 0.00470. The highest BCUT2D eigenvalue weighted by Crippen LogP contribution is 2.37. The molecule has 2 N–H and O–H groups in total. The second kappa shape index (κ2) is 9.28. The fraction of sp³-hybridized carbons (Fsp3) is 0.0714. The fourth-order valence-electron chi connectivity index (χ4n) is 4.49. The van der Waals surface area contributed by atoms with Gasteiger partial charge in [0, 0.05) is 11.9 Å². The largest absolute Gasteiger partial charge is 0.497 e. The number of hydrogen-bond donors (Lipinski definition) is 2. The van der Waals surface area contributed by atoms with Gasteiger partial charge in [0.25, 0.3) is 5.56 Å². The molecule has 0 atom stereocenters. The van der Waals surface area contributed by atoms with E-state index in [0.29, 0.717) is 39.0 Å². The van der Waals surface area contributed by atoms with Crippen molar-refractivity contribution in [2.75, 3.05) is 12.4 Å². The summed E-state index contributed by atoms with van der Waals surface area (Å²) < 4.78 is 47.8. The predicted octanol–water partition coefficient (Wildman–Crippen LogP) is 6.10. The van der Waals surface area contributed by atoms with Crippen LogP contribution in [0, 0.1) is 0 Å². The smallest absolute Gasteiger partial charge is 0.417 e. The van der Waals surface area contributed by atoms with Crippen LogP contribution in [0.3, 0.4) is 0 Å².